The number of hydrogen-bond donors (Lipinski definition) is 0. The minimum atomic E-state index is -0.0206. The lowest BCUT2D eigenvalue weighted by atomic mass is 10.3. The standard InChI is InChI=1S/C14H23N5O/c1-4-18(5-2)13(20)12-6-7-15-14(16-12)19-10-8-17(3)9-11-19/h6-7H,4-5,8-11H2,1-3H3. The topological polar surface area (TPSA) is 52.6 Å². The first-order valence-electron chi connectivity index (χ1n) is 7.21. The predicted molar refractivity (Wildman–Crippen MR) is 79.0 cm³/mol. The lowest BCUT2D eigenvalue weighted by Crippen LogP contribution is -2.45. The van der Waals surface area contributed by atoms with E-state index in [1.165, 1.54) is 0 Å². The van der Waals surface area contributed by atoms with Gasteiger partial charge in [0.15, 0.2) is 0 Å². The minimum absolute atomic E-state index is 0.0206. The highest BCUT2D eigenvalue weighted by atomic mass is 16.2. The van der Waals surface area contributed by atoms with Crippen LogP contribution < -0.4 is 4.90 Å². The Kier molecular flexibility index (Phi) is 4.89. The summed E-state index contributed by atoms with van der Waals surface area (Å²) in [6.07, 6.45) is 1.68. The molecule has 6 nitrogen and oxygen atoms in total. The van der Waals surface area contributed by atoms with E-state index in [0.717, 1.165) is 26.2 Å². The summed E-state index contributed by atoms with van der Waals surface area (Å²) in [6.45, 7) is 9.15. The molecule has 0 aliphatic carbocycles. The number of carbonyl (C=O) groups excluding carboxylic acids is 1. The Hall–Kier alpha value is -1.69. The van der Waals surface area contributed by atoms with Gasteiger partial charge < -0.3 is 14.7 Å². The molecule has 1 fully saturated rings. The smallest absolute Gasteiger partial charge is 0.272 e. The number of amides is 1. The van der Waals surface area contributed by atoms with Crippen LogP contribution in [-0.2, 0) is 0 Å². The maximum absolute atomic E-state index is 12.3. The maximum Gasteiger partial charge on any atom is 0.272 e. The molecule has 20 heavy (non-hydrogen) atoms. The van der Waals surface area contributed by atoms with Gasteiger partial charge in [-0.3, -0.25) is 4.79 Å². The monoisotopic (exact) mass is 277 g/mol. The van der Waals surface area contributed by atoms with Crippen LogP contribution in [0.2, 0.25) is 0 Å². The van der Waals surface area contributed by atoms with Crippen molar-refractivity contribution in [1.29, 1.82) is 0 Å². The average molecular weight is 277 g/mol. The van der Waals surface area contributed by atoms with E-state index in [-0.39, 0.29) is 5.91 Å². The molecule has 0 atom stereocenters. The molecule has 0 N–H and O–H groups in total. The summed E-state index contributed by atoms with van der Waals surface area (Å²) in [7, 11) is 2.11. The van der Waals surface area contributed by atoms with Crippen molar-refractivity contribution in [2.24, 2.45) is 0 Å². The third-order valence-electron chi connectivity index (χ3n) is 3.70. The predicted octanol–water partition coefficient (Wildman–Crippen LogP) is 0.710. The van der Waals surface area contributed by atoms with Gasteiger partial charge in [0.2, 0.25) is 5.95 Å². The first kappa shape index (κ1) is 14.7. The molecule has 0 radical (unpaired) electrons. The summed E-state index contributed by atoms with van der Waals surface area (Å²) in [6, 6.07) is 1.69. The molecule has 0 unspecified atom stereocenters. The molecular weight excluding hydrogens is 254 g/mol. The number of rotatable bonds is 4. The first-order valence-corrected chi connectivity index (χ1v) is 7.21. The number of piperazine rings is 1. The zero-order valence-corrected chi connectivity index (χ0v) is 12.5. The van der Waals surface area contributed by atoms with Gasteiger partial charge in [0.1, 0.15) is 5.69 Å². The van der Waals surface area contributed by atoms with Crippen molar-refractivity contribution in [3.8, 4) is 0 Å². The van der Waals surface area contributed by atoms with Gasteiger partial charge in [-0.2, -0.15) is 0 Å². The van der Waals surface area contributed by atoms with Crippen LogP contribution in [0.4, 0.5) is 5.95 Å². The van der Waals surface area contributed by atoms with Crippen molar-refractivity contribution in [1.82, 2.24) is 19.8 Å². The Morgan fingerprint density at radius 1 is 1.25 bits per heavy atom. The molecule has 2 rings (SSSR count). The van der Waals surface area contributed by atoms with Crippen LogP contribution in [-0.4, -0.2) is 72.0 Å². The molecule has 1 aliphatic rings. The van der Waals surface area contributed by atoms with Gasteiger partial charge in [-0.1, -0.05) is 0 Å². The van der Waals surface area contributed by atoms with Crippen molar-refractivity contribution in [3.05, 3.63) is 18.0 Å². The highest BCUT2D eigenvalue weighted by Crippen LogP contribution is 2.11. The largest absolute Gasteiger partial charge is 0.338 e. The molecule has 0 spiro atoms. The second kappa shape index (κ2) is 6.65. The van der Waals surface area contributed by atoms with E-state index in [1.807, 2.05) is 13.8 Å². The second-order valence-electron chi connectivity index (χ2n) is 5.01. The van der Waals surface area contributed by atoms with Gasteiger partial charge in [-0.15, -0.1) is 0 Å². The molecule has 2 heterocycles. The van der Waals surface area contributed by atoms with Crippen LogP contribution >= 0.6 is 0 Å². The van der Waals surface area contributed by atoms with Gasteiger partial charge in [-0.05, 0) is 27.0 Å². The van der Waals surface area contributed by atoms with E-state index in [2.05, 4.69) is 26.8 Å². The Morgan fingerprint density at radius 3 is 2.50 bits per heavy atom. The van der Waals surface area contributed by atoms with Gasteiger partial charge in [0.05, 0.1) is 0 Å². The van der Waals surface area contributed by atoms with Crippen molar-refractivity contribution >= 4 is 11.9 Å². The second-order valence-corrected chi connectivity index (χ2v) is 5.01. The van der Waals surface area contributed by atoms with Crippen LogP contribution in [0.15, 0.2) is 12.3 Å². The fourth-order valence-electron chi connectivity index (χ4n) is 2.30. The number of nitrogens with zero attached hydrogens (tertiary/aromatic N) is 5. The van der Waals surface area contributed by atoms with Crippen LogP contribution in [0, 0.1) is 0 Å². The zero-order chi connectivity index (χ0) is 14.5. The van der Waals surface area contributed by atoms with E-state index in [4.69, 9.17) is 0 Å². The number of anilines is 1. The van der Waals surface area contributed by atoms with E-state index in [1.54, 1.807) is 17.2 Å². The van der Waals surface area contributed by atoms with Gasteiger partial charge in [0.25, 0.3) is 5.91 Å². The molecule has 6 heteroatoms. The molecular formula is C14H23N5O. The van der Waals surface area contributed by atoms with Crippen molar-refractivity contribution in [2.45, 2.75) is 13.8 Å². The Bertz CT molecular complexity index is 453. The fourth-order valence-corrected chi connectivity index (χ4v) is 2.30. The molecule has 1 saturated heterocycles. The van der Waals surface area contributed by atoms with Crippen molar-refractivity contribution < 1.29 is 4.79 Å². The molecule has 1 aliphatic heterocycles. The average Bonchev–Trinajstić information content (AvgIpc) is 2.49. The summed E-state index contributed by atoms with van der Waals surface area (Å²) in [5, 5.41) is 0. The quantitative estimate of drug-likeness (QED) is 0.811. The van der Waals surface area contributed by atoms with E-state index in [0.29, 0.717) is 24.7 Å². The SMILES string of the molecule is CCN(CC)C(=O)c1ccnc(N2CCN(C)CC2)n1. The molecule has 110 valence electrons. The highest BCUT2D eigenvalue weighted by molar-refractivity contribution is 5.92. The molecule has 1 aromatic rings. The Morgan fingerprint density at radius 2 is 1.90 bits per heavy atom. The first-order chi connectivity index (χ1) is 9.65. The Labute approximate surface area is 120 Å². The molecule has 0 aromatic carbocycles. The normalized spacial score (nSPS) is 16.2. The minimum Gasteiger partial charge on any atom is -0.338 e. The van der Waals surface area contributed by atoms with E-state index < -0.39 is 0 Å². The molecule has 1 aromatic heterocycles. The number of carbonyl (C=O) groups is 1. The third kappa shape index (κ3) is 3.25. The highest BCUT2D eigenvalue weighted by Gasteiger charge is 2.19. The summed E-state index contributed by atoms with van der Waals surface area (Å²) in [5.74, 6) is 0.642. The van der Waals surface area contributed by atoms with Gasteiger partial charge >= 0.3 is 0 Å². The summed E-state index contributed by atoms with van der Waals surface area (Å²) >= 11 is 0. The number of hydrogen-bond acceptors (Lipinski definition) is 5. The van der Waals surface area contributed by atoms with E-state index >= 15 is 0 Å². The summed E-state index contributed by atoms with van der Waals surface area (Å²) < 4.78 is 0. The van der Waals surface area contributed by atoms with Gasteiger partial charge in [-0.25, -0.2) is 9.97 Å². The lowest BCUT2D eigenvalue weighted by molar-refractivity contribution is 0.0767. The lowest BCUT2D eigenvalue weighted by Gasteiger charge is -2.32. The molecule has 0 saturated carbocycles. The third-order valence-corrected chi connectivity index (χ3v) is 3.70. The zero-order valence-electron chi connectivity index (χ0n) is 12.5. The van der Waals surface area contributed by atoms with Crippen LogP contribution in [0.3, 0.4) is 0 Å². The molecule has 1 amide bonds. The van der Waals surface area contributed by atoms with E-state index in [9.17, 15) is 4.79 Å². The summed E-state index contributed by atoms with van der Waals surface area (Å²) in [4.78, 5) is 27.2. The van der Waals surface area contributed by atoms with Crippen molar-refractivity contribution in [3.63, 3.8) is 0 Å². The Balaban J connectivity index is 2.13. The fraction of sp³-hybridized carbons (Fsp3) is 0.643. The number of aromatic nitrogens is 2. The van der Waals surface area contributed by atoms with Gasteiger partial charge in [0, 0.05) is 45.5 Å². The van der Waals surface area contributed by atoms with Crippen molar-refractivity contribution in [2.75, 3.05) is 51.2 Å². The summed E-state index contributed by atoms with van der Waals surface area (Å²) in [5.41, 5.74) is 0.484. The number of likely N-dealkylation sites (N-methyl/N-ethyl adjacent to an activating group) is 1. The van der Waals surface area contributed by atoms with Crippen LogP contribution in [0.1, 0.15) is 24.3 Å². The van der Waals surface area contributed by atoms with Crippen LogP contribution in [0.25, 0.3) is 0 Å². The van der Waals surface area contributed by atoms with Crippen LogP contribution in [0.5, 0.6) is 0 Å². The maximum atomic E-state index is 12.3. The molecule has 0 bridgehead atoms.